The second-order valence-electron chi connectivity index (χ2n) is 6.52. The van der Waals surface area contributed by atoms with Crippen LogP contribution in [0.3, 0.4) is 0 Å². The Balaban J connectivity index is 1.61. The molecule has 0 fully saturated rings. The second-order valence-corrected chi connectivity index (χ2v) is 7.38. The third-order valence-electron chi connectivity index (χ3n) is 4.26. The lowest BCUT2D eigenvalue weighted by molar-refractivity contribution is 0.102. The summed E-state index contributed by atoms with van der Waals surface area (Å²) in [6, 6.07) is 14.9. The van der Waals surface area contributed by atoms with Crippen LogP contribution in [-0.4, -0.2) is 30.6 Å². The van der Waals surface area contributed by atoms with Crippen LogP contribution in [0.1, 0.15) is 30.4 Å². The molecule has 3 heterocycles. The van der Waals surface area contributed by atoms with Gasteiger partial charge in [-0.25, -0.2) is 9.97 Å². The average molecular weight is 437 g/mol. The molecular formula is C20H17BrN6O. The Bertz CT molecular complexity index is 1170. The molecule has 0 aliphatic rings. The van der Waals surface area contributed by atoms with E-state index >= 15 is 0 Å². The minimum absolute atomic E-state index is 0.200. The number of carbonyl (C=O) groups excluding carboxylic acids is 1. The third kappa shape index (κ3) is 3.50. The van der Waals surface area contributed by atoms with Gasteiger partial charge in [0.1, 0.15) is 23.5 Å². The molecule has 1 N–H and O–H groups in total. The first-order valence-corrected chi connectivity index (χ1v) is 9.56. The third-order valence-corrected chi connectivity index (χ3v) is 4.95. The number of pyridine rings is 2. The van der Waals surface area contributed by atoms with Crippen molar-refractivity contribution in [2.75, 3.05) is 5.32 Å². The predicted octanol–water partition coefficient (Wildman–Crippen LogP) is 4.48. The van der Waals surface area contributed by atoms with Gasteiger partial charge in [-0.3, -0.25) is 4.79 Å². The number of hydrogen-bond acceptors (Lipinski definition) is 5. The number of fused-ring (bicyclic) bond motifs is 1. The second kappa shape index (κ2) is 7.47. The Morgan fingerprint density at radius 2 is 1.89 bits per heavy atom. The van der Waals surface area contributed by atoms with Gasteiger partial charge in [0.2, 0.25) is 0 Å². The Morgan fingerprint density at radius 1 is 1.07 bits per heavy atom. The normalized spacial score (nSPS) is 11.1. The van der Waals surface area contributed by atoms with E-state index in [1.807, 2.05) is 54.8 Å². The molecule has 0 saturated heterocycles. The molecule has 0 atom stereocenters. The molecule has 7 nitrogen and oxygen atoms in total. The summed E-state index contributed by atoms with van der Waals surface area (Å²) in [5.74, 6) is 0.758. The van der Waals surface area contributed by atoms with E-state index in [0.29, 0.717) is 23.0 Å². The van der Waals surface area contributed by atoms with Crippen molar-refractivity contribution in [3.05, 3.63) is 65.0 Å². The van der Waals surface area contributed by atoms with E-state index in [-0.39, 0.29) is 11.9 Å². The first kappa shape index (κ1) is 18.2. The first-order chi connectivity index (χ1) is 13.5. The first-order valence-electron chi connectivity index (χ1n) is 8.76. The molecule has 0 spiro atoms. The summed E-state index contributed by atoms with van der Waals surface area (Å²) in [7, 11) is 0. The predicted molar refractivity (Wildman–Crippen MR) is 111 cm³/mol. The number of carbonyl (C=O) groups is 1. The van der Waals surface area contributed by atoms with Gasteiger partial charge < -0.3 is 9.88 Å². The van der Waals surface area contributed by atoms with Crippen LogP contribution in [0.15, 0.2) is 59.3 Å². The number of nitrogens with one attached hydrogen (secondary N) is 1. The average Bonchev–Trinajstić information content (AvgIpc) is 3.18. The van der Waals surface area contributed by atoms with Crippen molar-refractivity contribution in [2.45, 2.75) is 19.9 Å². The maximum absolute atomic E-state index is 12.7. The monoisotopic (exact) mass is 436 g/mol. The van der Waals surface area contributed by atoms with Crippen molar-refractivity contribution >= 4 is 38.6 Å². The van der Waals surface area contributed by atoms with E-state index in [2.05, 4.69) is 41.4 Å². The van der Waals surface area contributed by atoms with Gasteiger partial charge in [-0.2, -0.15) is 0 Å². The number of aromatic nitrogens is 5. The molecule has 28 heavy (non-hydrogen) atoms. The molecule has 0 radical (unpaired) electrons. The van der Waals surface area contributed by atoms with E-state index < -0.39 is 0 Å². The van der Waals surface area contributed by atoms with Crippen LogP contribution in [0.25, 0.3) is 22.4 Å². The molecule has 0 saturated carbocycles. The maximum atomic E-state index is 12.7. The van der Waals surface area contributed by atoms with Crippen LogP contribution < -0.4 is 5.32 Å². The Hall–Kier alpha value is -3.13. The van der Waals surface area contributed by atoms with Crippen molar-refractivity contribution in [1.82, 2.24) is 24.7 Å². The zero-order valence-electron chi connectivity index (χ0n) is 15.3. The molecule has 4 rings (SSSR count). The topological polar surface area (TPSA) is 85.6 Å². The highest BCUT2D eigenvalue weighted by atomic mass is 79.9. The summed E-state index contributed by atoms with van der Waals surface area (Å²) in [5.41, 5.74) is 1.70. The van der Waals surface area contributed by atoms with E-state index in [0.717, 1.165) is 15.4 Å². The number of rotatable bonds is 4. The van der Waals surface area contributed by atoms with E-state index in [4.69, 9.17) is 0 Å². The van der Waals surface area contributed by atoms with Crippen LogP contribution in [0, 0.1) is 0 Å². The van der Waals surface area contributed by atoms with Crippen LogP contribution >= 0.6 is 15.9 Å². The Labute approximate surface area is 170 Å². The molecule has 1 aromatic carbocycles. The van der Waals surface area contributed by atoms with Crippen molar-refractivity contribution in [3.8, 4) is 11.5 Å². The number of anilines is 1. The van der Waals surface area contributed by atoms with Crippen LogP contribution in [0.2, 0.25) is 0 Å². The zero-order valence-corrected chi connectivity index (χ0v) is 16.9. The zero-order chi connectivity index (χ0) is 19.7. The lowest BCUT2D eigenvalue weighted by Gasteiger charge is -2.10. The molecule has 4 aromatic rings. The van der Waals surface area contributed by atoms with E-state index in [1.165, 1.54) is 0 Å². The summed E-state index contributed by atoms with van der Waals surface area (Å²) in [5, 5.41) is 11.9. The van der Waals surface area contributed by atoms with Gasteiger partial charge in [0, 0.05) is 15.9 Å². The minimum atomic E-state index is -0.322. The smallest absolute Gasteiger partial charge is 0.275 e. The lowest BCUT2D eigenvalue weighted by Crippen LogP contribution is -2.15. The quantitative estimate of drug-likeness (QED) is 0.509. The van der Waals surface area contributed by atoms with Crippen molar-refractivity contribution < 1.29 is 4.79 Å². The largest absolute Gasteiger partial charge is 0.310 e. The van der Waals surface area contributed by atoms with Gasteiger partial charge >= 0.3 is 0 Å². The van der Waals surface area contributed by atoms with Crippen molar-refractivity contribution in [3.63, 3.8) is 0 Å². The number of amides is 1. The highest BCUT2D eigenvalue weighted by Crippen LogP contribution is 2.23. The highest BCUT2D eigenvalue weighted by Gasteiger charge is 2.14. The fraction of sp³-hybridized carbons (Fsp3) is 0.150. The summed E-state index contributed by atoms with van der Waals surface area (Å²) in [6.07, 6.45) is 1.67. The van der Waals surface area contributed by atoms with Crippen LogP contribution in [0.5, 0.6) is 0 Å². The molecule has 0 aliphatic heterocycles. The van der Waals surface area contributed by atoms with Crippen LogP contribution in [0.4, 0.5) is 5.82 Å². The minimum Gasteiger partial charge on any atom is -0.310 e. The fourth-order valence-corrected chi connectivity index (χ4v) is 3.34. The molecule has 1 amide bonds. The summed E-state index contributed by atoms with van der Waals surface area (Å²) in [4.78, 5) is 21.6. The molecule has 8 heteroatoms. The SMILES string of the molecule is CC(C)n1cnnc1-c1cccc(NC(=O)c2ccc3c(Br)cccc3n2)n1. The van der Waals surface area contributed by atoms with Crippen LogP contribution in [-0.2, 0) is 0 Å². The fourth-order valence-electron chi connectivity index (χ4n) is 2.86. The number of benzene rings is 1. The van der Waals surface area contributed by atoms with Gasteiger partial charge in [0.25, 0.3) is 5.91 Å². The number of halogens is 1. The molecule has 0 unspecified atom stereocenters. The van der Waals surface area contributed by atoms with E-state index in [9.17, 15) is 4.79 Å². The molecule has 0 aliphatic carbocycles. The maximum Gasteiger partial charge on any atom is 0.275 e. The standard InChI is InChI=1S/C20H17BrN6O/c1-12(2)27-11-22-26-19(27)16-7-4-8-18(24-16)25-20(28)17-10-9-13-14(21)5-3-6-15(13)23-17/h3-12H,1-2H3,(H,24,25,28). The highest BCUT2D eigenvalue weighted by molar-refractivity contribution is 9.10. The Kier molecular flexibility index (Phi) is 4.87. The number of nitrogens with zero attached hydrogens (tertiary/aromatic N) is 5. The summed E-state index contributed by atoms with van der Waals surface area (Å²) >= 11 is 3.49. The molecule has 3 aromatic heterocycles. The Morgan fingerprint density at radius 3 is 2.71 bits per heavy atom. The lowest BCUT2D eigenvalue weighted by atomic mass is 10.2. The van der Waals surface area contributed by atoms with Gasteiger partial charge in [-0.05, 0) is 50.2 Å². The van der Waals surface area contributed by atoms with Gasteiger partial charge in [-0.1, -0.05) is 28.1 Å². The van der Waals surface area contributed by atoms with Crippen molar-refractivity contribution in [2.24, 2.45) is 0 Å². The van der Waals surface area contributed by atoms with Gasteiger partial charge in [0.15, 0.2) is 5.82 Å². The summed E-state index contributed by atoms with van der Waals surface area (Å²) in [6.45, 7) is 4.09. The molecule has 140 valence electrons. The van der Waals surface area contributed by atoms with E-state index in [1.54, 1.807) is 18.5 Å². The molecule has 0 bridgehead atoms. The van der Waals surface area contributed by atoms with Gasteiger partial charge in [-0.15, -0.1) is 10.2 Å². The van der Waals surface area contributed by atoms with Crippen molar-refractivity contribution in [1.29, 1.82) is 0 Å². The van der Waals surface area contributed by atoms with Gasteiger partial charge in [0.05, 0.1) is 5.52 Å². The molecular weight excluding hydrogens is 420 g/mol. The number of hydrogen-bond donors (Lipinski definition) is 1. The summed E-state index contributed by atoms with van der Waals surface area (Å²) < 4.78 is 2.87.